The van der Waals surface area contributed by atoms with Crippen LogP contribution in [0, 0.1) is 0 Å². The van der Waals surface area contributed by atoms with Gasteiger partial charge in [0.05, 0.1) is 34.0 Å². The summed E-state index contributed by atoms with van der Waals surface area (Å²) in [7, 11) is 2.96. The van der Waals surface area contributed by atoms with E-state index >= 15 is 0 Å². The third kappa shape index (κ3) is 16.3. The number of Topliss-reactive ketones (excluding diaryl/α,β-unsaturated/α-hetero) is 2. The summed E-state index contributed by atoms with van der Waals surface area (Å²) in [6.45, 7) is 7.80. The Labute approximate surface area is 250 Å². The van der Waals surface area contributed by atoms with Crippen LogP contribution in [-0.4, -0.2) is 68.0 Å². The van der Waals surface area contributed by atoms with Gasteiger partial charge in [0, 0.05) is 29.3 Å². The molecule has 0 aromatic heterocycles. The Morgan fingerprint density at radius 2 is 1.22 bits per heavy atom. The molecule has 2 rings (SSSR count). The minimum Gasteiger partial charge on any atom is -0.504 e. The second-order valence-electron chi connectivity index (χ2n) is 8.22. The predicted molar refractivity (Wildman–Crippen MR) is 159 cm³/mol. The van der Waals surface area contributed by atoms with E-state index in [1.54, 1.807) is 31.2 Å². The van der Waals surface area contributed by atoms with Crippen LogP contribution in [0.3, 0.4) is 0 Å². The average molecular weight is 642 g/mol. The fraction of sp³-hybridized carbons (Fsp3) is 0.467. The summed E-state index contributed by atoms with van der Waals surface area (Å²) in [5.74, 6) is 1.03. The van der Waals surface area contributed by atoms with Crippen molar-refractivity contribution in [2.24, 2.45) is 0 Å². The van der Waals surface area contributed by atoms with E-state index in [0.29, 0.717) is 67.5 Å². The lowest BCUT2D eigenvalue weighted by atomic mass is 10.1. The minimum absolute atomic E-state index is 0.0304. The molecule has 0 saturated heterocycles. The Kier molecular flexibility index (Phi) is 20.2. The fourth-order valence-electron chi connectivity index (χ4n) is 2.98. The SMILES string of the molecule is CCOC(=O)CCCBr.CCOC(=O)CCCOc1ccc(C(C)=O)cc1OC.COc1cc(C(C)=O)ccc1O. The lowest BCUT2D eigenvalue weighted by molar-refractivity contribution is -0.144. The maximum absolute atomic E-state index is 11.3. The normalized spacial score (nSPS) is 9.63. The standard InChI is InChI=1S/C15H20O5.C9H10O3.C6H11BrO2/c1-4-19-15(17)6-5-9-20-13-8-7-12(11(2)16)10-14(13)18-3;1-6(10)7-3-4-8(11)9(5-7)12-2;1-2-9-6(8)4-3-5-7/h7-8,10H,4-6,9H2,1-3H3;3-5,11H,1-2H3;2-5H2,1H3. The summed E-state index contributed by atoms with van der Waals surface area (Å²) in [6.07, 6.45) is 2.27. The topological polar surface area (TPSA) is 135 Å². The van der Waals surface area contributed by atoms with Gasteiger partial charge in [-0.3, -0.25) is 19.2 Å². The van der Waals surface area contributed by atoms with Gasteiger partial charge in [-0.2, -0.15) is 0 Å². The van der Waals surface area contributed by atoms with Gasteiger partial charge in [-0.05, 0) is 76.9 Å². The Bertz CT molecular complexity index is 1100. The maximum Gasteiger partial charge on any atom is 0.305 e. The number of phenolic OH excluding ortho intramolecular Hbond substituents is 1. The van der Waals surface area contributed by atoms with E-state index in [2.05, 4.69) is 20.7 Å². The zero-order valence-electron chi connectivity index (χ0n) is 24.6. The largest absolute Gasteiger partial charge is 0.504 e. The van der Waals surface area contributed by atoms with Crippen molar-refractivity contribution in [3.05, 3.63) is 47.5 Å². The molecule has 0 aliphatic heterocycles. The van der Waals surface area contributed by atoms with Crippen molar-refractivity contribution in [1.82, 2.24) is 0 Å². The molecule has 228 valence electrons. The molecule has 0 radical (unpaired) electrons. The molecule has 0 fully saturated rings. The van der Waals surface area contributed by atoms with Gasteiger partial charge in [0.1, 0.15) is 0 Å². The molecule has 0 bridgehead atoms. The van der Waals surface area contributed by atoms with E-state index in [0.717, 1.165) is 11.8 Å². The van der Waals surface area contributed by atoms with E-state index in [4.69, 9.17) is 18.9 Å². The zero-order valence-corrected chi connectivity index (χ0v) is 26.2. The van der Waals surface area contributed by atoms with Crippen LogP contribution < -0.4 is 14.2 Å². The van der Waals surface area contributed by atoms with Crippen LogP contribution in [0.5, 0.6) is 23.0 Å². The number of benzene rings is 2. The van der Waals surface area contributed by atoms with Crippen LogP contribution in [0.2, 0.25) is 0 Å². The molecular formula is C30H41BrO10. The van der Waals surface area contributed by atoms with E-state index in [1.165, 1.54) is 40.2 Å². The van der Waals surface area contributed by atoms with Crippen molar-refractivity contribution in [3.8, 4) is 23.0 Å². The van der Waals surface area contributed by atoms with E-state index < -0.39 is 0 Å². The molecule has 0 unspecified atom stereocenters. The molecule has 2 aromatic rings. The number of methoxy groups -OCH3 is 2. The zero-order chi connectivity index (χ0) is 31.2. The molecule has 0 saturated carbocycles. The number of carbonyl (C=O) groups excluding carboxylic acids is 4. The molecule has 1 N–H and O–H groups in total. The Balaban J connectivity index is 0.000000646. The summed E-state index contributed by atoms with van der Waals surface area (Å²) >= 11 is 3.22. The monoisotopic (exact) mass is 640 g/mol. The van der Waals surface area contributed by atoms with Crippen molar-refractivity contribution >= 4 is 39.4 Å². The Hall–Kier alpha value is -3.60. The van der Waals surface area contributed by atoms with Crippen LogP contribution in [0.1, 0.15) is 74.1 Å². The molecule has 0 aliphatic rings. The van der Waals surface area contributed by atoms with Crippen LogP contribution in [0.15, 0.2) is 36.4 Å². The quantitative estimate of drug-likeness (QED) is 0.114. The van der Waals surface area contributed by atoms with Crippen molar-refractivity contribution in [1.29, 1.82) is 0 Å². The lowest BCUT2D eigenvalue weighted by Crippen LogP contribution is -2.07. The van der Waals surface area contributed by atoms with Gasteiger partial charge in [0.25, 0.3) is 0 Å². The highest BCUT2D eigenvalue weighted by Gasteiger charge is 2.09. The van der Waals surface area contributed by atoms with Crippen LogP contribution in [0.4, 0.5) is 0 Å². The molecule has 0 aliphatic carbocycles. The second kappa shape index (κ2) is 22.1. The summed E-state index contributed by atoms with van der Waals surface area (Å²) in [6, 6.07) is 9.53. The molecule has 0 amide bonds. The number of alkyl halides is 1. The highest BCUT2D eigenvalue weighted by molar-refractivity contribution is 9.09. The molecule has 2 aromatic carbocycles. The number of rotatable bonds is 14. The van der Waals surface area contributed by atoms with Gasteiger partial charge in [-0.25, -0.2) is 0 Å². The molecule has 41 heavy (non-hydrogen) atoms. The summed E-state index contributed by atoms with van der Waals surface area (Å²) in [5.41, 5.74) is 1.10. The number of hydrogen-bond acceptors (Lipinski definition) is 10. The third-order valence-electron chi connectivity index (χ3n) is 5.06. The number of ether oxygens (including phenoxy) is 5. The molecule has 11 heteroatoms. The van der Waals surface area contributed by atoms with Gasteiger partial charge < -0.3 is 28.8 Å². The van der Waals surface area contributed by atoms with Crippen molar-refractivity contribution in [2.75, 3.05) is 39.4 Å². The maximum atomic E-state index is 11.3. The minimum atomic E-state index is -0.227. The lowest BCUT2D eigenvalue weighted by Gasteiger charge is -2.11. The van der Waals surface area contributed by atoms with Gasteiger partial charge in [0.2, 0.25) is 0 Å². The summed E-state index contributed by atoms with van der Waals surface area (Å²) < 4.78 is 25.1. The first-order valence-corrected chi connectivity index (χ1v) is 14.2. The van der Waals surface area contributed by atoms with E-state index in [-0.39, 0.29) is 29.3 Å². The first kappa shape index (κ1) is 37.4. The third-order valence-corrected chi connectivity index (χ3v) is 5.63. The van der Waals surface area contributed by atoms with Crippen molar-refractivity contribution in [3.63, 3.8) is 0 Å². The van der Waals surface area contributed by atoms with E-state index in [9.17, 15) is 24.3 Å². The molecule has 0 spiro atoms. The van der Waals surface area contributed by atoms with Crippen LogP contribution in [0.25, 0.3) is 0 Å². The Morgan fingerprint density at radius 3 is 1.68 bits per heavy atom. The van der Waals surface area contributed by atoms with Crippen LogP contribution >= 0.6 is 15.9 Å². The van der Waals surface area contributed by atoms with Crippen molar-refractivity contribution in [2.45, 2.75) is 53.4 Å². The number of aromatic hydroxyl groups is 1. The van der Waals surface area contributed by atoms with Gasteiger partial charge in [0.15, 0.2) is 34.6 Å². The number of ketones is 2. The van der Waals surface area contributed by atoms with Crippen molar-refractivity contribution < 1.29 is 48.0 Å². The van der Waals surface area contributed by atoms with Gasteiger partial charge in [-0.15, -0.1) is 0 Å². The smallest absolute Gasteiger partial charge is 0.305 e. The fourth-order valence-corrected chi connectivity index (χ4v) is 3.26. The highest BCUT2D eigenvalue weighted by Crippen LogP contribution is 2.28. The van der Waals surface area contributed by atoms with Gasteiger partial charge in [-0.1, -0.05) is 15.9 Å². The number of esters is 2. The number of phenols is 1. The summed E-state index contributed by atoms with van der Waals surface area (Å²) in [4.78, 5) is 43.9. The Morgan fingerprint density at radius 1 is 0.732 bits per heavy atom. The number of hydrogen-bond donors (Lipinski definition) is 1. The molecular weight excluding hydrogens is 600 g/mol. The highest BCUT2D eigenvalue weighted by atomic mass is 79.9. The molecule has 10 nitrogen and oxygen atoms in total. The van der Waals surface area contributed by atoms with Crippen LogP contribution in [-0.2, 0) is 19.1 Å². The average Bonchev–Trinajstić information content (AvgIpc) is 2.95. The first-order chi connectivity index (χ1) is 19.5. The molecule has 0 heterocycles. The second-order valence-corrected chi connectivity index (χ2v) is 9.01. The predicted octanol–water partition coefficient (Wildman–Crippen LogP) is 5.95. The summed E-state index contributed by atoms with van der Waals surface area (Å²) in [5, 5.41) is 10.0. The van der Waals surface area contributed by atoms with Gasteiger partial charge >= 0.3 is 11.9 Å². The number of halogens is 1. The van der Waals surface area contributed by atoms with E-state index in [1.807, 2.05) is 6.92 Å². The number of carbonyl (C=O) groups is 4. The molecule has 0 atom stereocenters. The first-order valence-electron chi connectivity index (χ1n) is 13.1.